The summed E-state index contributed by atoms with van der Waals surface area (Å²) in [4.78, 5) is 0. The van der Waals surface area contributed by atoms with Crippen molar-refractivity contribution in [2.75, 3.05) is 6.61 Å². The predicted octanol–water partition coefficient (Wildman–Crippen LogP) is 2.51. The molecule has 1 N–H and O–H groups in total. The lowest BCUT2D eigenvalue weighted by Crippen LogP contribution is -2.33. The van der Waals surface area contributed by atoms with Gasteiger partial charge in [-0.25, -0.2) is 0 Å². The molecular weight excluding hydrogens is 148 g/mol. The smallest absolute Gasteiger partial charge is 0.0527 e. The molecule has 0 heterocycles. The molecule has 12 heavy (non-hydrogen) atoms. The molecule has 0 aromatic carbocycles. The van der Waals surface area contributed by atoms with Crippen molar-refractivity contribution in [1.29, 1.82) is 0 Å². The van der Waals surface area contributed by atoms with Crippen LogP contribution in [0.4, 0.5) is 0 Å². The highest BCUT2D eigenvalue weighted by molar-refractivity contribution is 5.19. The van der Waals surface area contributed by atoms with E-state index in [0.29, 0.717) is 6.61 Å². The Morgan fingerprint density at radius 1 is 1.42 bits per heavy atom. The van der Waals surface area contributed by atoms with E-state index in [1.165, 1.54) is 37.7 Å². The SMILES string of the molecule is C=C1CC[C@H]2CCCC[C@@]12CO. The van der Waals surface area contributed by atoms with Crippen LogP contribution in [0.2, 0.25) is 0 Å². The maximum Gasteiger partial charge on any atom is 0.0527 e. The molecule has 1 heteroatoms. The summed E-state index contributed by atoms with van der Waals surface area (Å²) >= 11 is 0. The number of aliphatic hydroxyl groups is 1. The number of fused-ring (bicyclic) bond motifs is 1. The molecule has 0 unspecified atom stereocenters. The second-order valence-corrected chi connectivity index (χ2v) is 4.40. The van der Waals surface area contributed by atoms with E-state index >= 15 is 0 Å². The fourth-order valence-electron chi connectivity index (χ4n) is 3.12. The number of hydrogen-bond acceptors (Lipinski definition) is 1. The van der Waals surface area contributed by atoms with Crippen molar-refractivity contribution in [1.82, 2.24) is 0 Å². The van der Waals surface area contributed by atoms with Gasteiger partial charge in [-0.1, -0.05) is 25.0 Å². The largest absolute Gasteiger partial charge is 0.395 e. The van der Waals surface area contributed by atoms with Crippen LogP contribution in [0, 0.1) is 11.3 Å². The first-order chi connectivity index (χ1) is 5.79. The Morgan fingerprint density at radius 3 is 2.92 bits per heavy atom. The third kappa shape index (κ3) is 0.957. The molecule has 0 spiro atoms. The van der Waals surface area contributed by atoms with Gasteiger partial charge in [0.25, 0.3) is 0 Å². The molecule has 2 fully saturated rings. The van der Waals surface area contributed by atoms with Crippen LogP contribution in [0.15, 0.2) is 12.2 Å². The Morgan fingerprint density at radius 2 is 2.25 bits per heavy atom. The van der Waals surface area contributed by atoms with Crippen molar-refractivity contribution in [3.63, 3.8) is 0 Å². The van der Waals surface area contributed by atoms with Gasteiger partial charge >= 0.3 is 0 Å². The minimum atomic E-state index is 0.151. The van der Waals surface area contributed by atoms with Gasteiger partial charge in [-0.15, -0.1) is 0 Å². The molecule has 2 saturated carbocycles. The van der Waals surface area contributed by atoms with E-state index in [1.54, 1.807) is 0 Å². The number of hydrogen-bond donors (Lipinski definition) is 1. The Hall–Kier alpha value is -0.300. The average molecular weight is 166 g/mol. The first kappa shape index (κ1) is 8.31. The van der Waals surface area contributed by atoms with Crippen LogP contribution in [0.5, 0.6) is 0 Å². The summed E-state index contributed by atoms with van der Waals surface area (Å²) in [5.74, 6) is 0.753. The Labute approximate surface area is 74.5 Å². The van der Waals surface area contributed by atoms with Gasteiger partial charge in [-0.05, 0) is 31.6 Å². The lowest BCUT2D eigenvalue weighted by atomic mass is 9.67. The standard InChI is InChI=1S/C11H18O/c1-9-5-6-10-4-2-3-7-11(9,10)8-12/h10,12H,1-8H2/t10-,11-/m1/s1. The normalized spacial score (nSPS) is 41.4. The fraction of sp³-hybridized carbons (Fsp3) is 0.818. The lowest BCUT2D eigenvalue weighted by molar-refractivity contribution is 0.0769. The highest BCUT2D eigenvalue weighted by Gasteiger charge is 2.45. The summed E-state index contributed by atoms with van der Waals surface area (Å²) in [6, 6.07) is 0. The van der Waals surface area contributed by atoms with E-state index in [4.69, 9.17) is 0 Å². The van der Waals surface area contributed by atoms with E-state index < -0.39 is 0 Å². The molecule has 68 valence electrons. The van der Waals surface area contributed by atoms with Gasteiger partial charge in [-0.3, -0.25) is 0 Å². The molecule has 0 aliphatic heterocycles. The van der Waals surface area contributed by atoms with Crippen LogP contribution in [0.25, 0.3) is 0 Å². The van der Waals surface area contributed by atoms with Crippen molar-refractivity contribution in [3.05, 3.63) is 12.2 Å². The Kier molecular flexibility index (Phi) is 1.99. The Bertz CT molecular complexity index is 197. The minimum absolute atomic E-state index is 0.151. The van der Waals surface area contributed by atoms with Gasteiger partial charge in [-0.2, -0.15) is 0 Å². The molecule has 0 saturated heterocycles. The summed E-state index contributed by atoms with van der Waals surface area (Å²) < 4.78 is 0. The molecule has 0 aromatic rings. The van der Waals surface area contributed by atoms with Crippen LogP contribution in [0.1, 0.15) is 38.5 Å². The van der Waals surface area contributed by atoms with E-state index in [-0.39, 0.29) is 5.41 Å². The molecular formula is C11H18O. The zero-order valence-corrected chi connectivity index (χ0v) is 7.68. The second kappa shape index (κ2) is 2.88. The van der Waals surface area contributed by atoms with Crippen LogP contribution >= 0.6 is 0 Å². The van der Waals surface area contributed by atoms with E-state index in [9.17, 15) is 5.11 Å². The molecule has 0 amide bonds. The van der Waals surface area contributed by atoms with Gasteiger partial charge < -0.3 is 5.11 Å². The summed E-state index contributed by atoms with van der Waals surface area (Å²) in [7, 11) is 0. The molecule has 1 nitrogen and oxygen atoms in total. The minimum Gasteiger partial charge on any atom is -0.395 e. The van der Waals surface area contributed by atoms with Crippen molar-refractivity contribution in [3.8, 4) is 0 Å². The third-order valence-corrected chi connectivity index (χ3v) is 3.99. The van der Waals surface area contributed by atoms with Gasteiger partial charge in [0, 0.05) is 5.41 Å². The summed E-state index contributed by atoms with van der Waals surface area (Å²) in [5, 5.41) is 9.46. The summed E-state index contributed by atoms with van der Waals surface area (Å²) in [6.07, 6.45) is 7.59. The molecule has 2 rings (SSSR count). The van der Waals surface area contributed by atoms with Gasteiger partial charge in [0.05, 0.1) is 6.61 Å². The predicted molar refractivity (Wildman–Crippen MR) is 49.9 cm³/mol. The zero-order valence-electron chi connectivity index (χ0n) is 7.68. The van der Waals surface area contributed by atoms with Crippen LogP contribution in [-0.4, -0.2) is 11.7 Å². The number of rotatable bonds is 1. The van der Waals surface area contributed by atoms with E-state index in [0.717, 1.165) is 12.3 Å². The highest BCUT2D eigenvalue weighted by atomic mass is 16.3. The van der Waals surface area contributed by atoms with Crippen molar-refractivity contribution < 1.29 is 5.11 Å². The van der Waals surface area contributed by atoms with Crippen LogP contribution in [0.3, 0.4) is 0 Å². The summed E-state index contributed by atoms with van der Waals surface area (Å²) in [6.45, 7) is 4.47. The highest BCUT2D eigenvalue weighted by Crippen LogP contribution is 2.54. The molecule has 2 aliphatic carbocycles. The van der Waals surface area contributed by atoms with E-state index in [2.05, 4.69) is 6.58 Å². The van der Waals surface area contributed by atoms with Crippen molar-refractivity contribution in [2.24, 2.45) is 11.3 Å². The van der Waals surface area contributed by atoms with Gasteiger partial charge in [0.15, 0.2) is 0 Å². The molecule has 2 atom stereocenters. The summed E-state index contributed by atoms with van der Waals surface area (Å²) in [5.41, 5.74) is 1.48. The van der Waals surface area contributed by atoms with Gasteiger partial charge in [0.2, 0.25) is 0 Å². The quantitative estimate of drug-likeness (QED) is 0.593. The molecule has 0 aromatic heterocycles. The van der Waals surface area contributed by atoms with E-state index in [1.807, 2.05) is 0 Å². The Balaban J connectivity index is 2.25. The van der Waals surface area contributed by atoms with Crippen molar-refractivity contribution >= 4 is 0 Å². The monoisotopic (exact) mass is 166 g/mol. The van der Waals surface area contributed by atoms with Gasteiger partial charge in [0.1, 0.15) is 0 Å². The fourth-order valence-corrected chi connectivity index (χ4v) is 3.12. The topological polar surface area (TPSA) is 20.2 Å². The average Bonchev–Trinajstić information content (AvgIpc) is 2.45. The third-order valence-electron chi connectivity index (χ3n) is 3.99. The second-order valence-electron chi connectivity index (χ2n) is 4.40. The lowest BCUT2D eigenvalue weighted by Gasteiger charge is -2.38. The van der Waals surface area contributed by atoms with Crippen molar-refractivity contribution in [2.45, 2.75) is 38.5 Å². The first-order valence-corrected chi connectivity index (χ1v) is 5.09. The first-order valence-electron chi connectivity index (χ1n) is 5.09. The number of aliphatic hydroxyl groups excluding tert-OH is 1. The molecule has 2 aliphatic rings. The molecule has 0 radical (unpaired) electrons. The zero-order chi connectivity index (χ0) is 8.60. The molecule has 0 bridgehead atoms. The maximum absolute atomic E-state index is 9.46. The van der Waals surface area contributed by atoms with Crippen LogP contribution < -0.4 is 0 Å². The van der Waals surface area contributed by atoms with Crippen LogP contribution in [-0.2, 0) is 0 Å². The maximum atomic E-state index is 9.46.